The van der Waals surface area contributed by atoms with Crippen LogP contribution in [-0.2, 0) is 16.0 Å². The zero-order chi connectivity index (χ0) is 11.8. The Hall–Kier alpha value is -1.77. The van der Waals surface area contributed by atoms with E-state index in [0.29, 0.717) is 12.8 Å². The Balaban J connectivity index is 2.41. The second-order valence-corrected chi connectivity index (χ2v) is 3.32. The highest BCUT2D eigenvalue weighted by Crippen LogP contribution is 2.13. The van der Waals surface area contributed by atoms with E-state index in [1.165, 1.54) is 0 Å². The van der Waals surface area contributed by atoms with Crippen LogP contribution in [0.3, 0.4) is 0 Å². The summed E-state index contributed by atoms with van der Waals surface area (Å²) in [7, 11) is 1.62. The largest absolute Gasteiger partial charge is 0.497 e. The molecule has 16 heavy (non-hydrogen) atoms. The van der Waals surface area contributed by atoms with Gasteiger partial charge < -0.3 is 9.47 Å². The maximum Gasteiger partial charge on any atom is 0.306 e. The van der Waals surface area contributed by atoms with Crippen molar-refractivity contribution in [2.75, 3.05) is 13.7 Å². The SMILES string of the molecule is C=CCOC(=O)CCc1cccc(OC)c1. The third-order valence-corrected chi connectivity index (χ3v) is 2.11. The van der Waals surface area contributed by atoms with Crippen LogP contribution in [0, 0.1) is 0 Å². The van der Waals surface area contributed by atoms with E-state index in [9.17, 15) is 4.79 Å². The number of benzene rings is 1. The van der Waals surface area contributed by atoms with Gasteiger partial charge in [-0.05, 0) is 24.1 Å². The van der Waals surface area contributed by atoms with Gasteiger partial charge in [-0.3, -0.25) is 4.79 Å². The normalized spacial score (nSPS) is 9.56. The van der Waals surface area contributed by atoms with E-state index in [2.05, 4.69) is 6.58 Å². The molecule has 0 unspecified atom stereocenters. The van der Waals surface area contributed by atoms with Crippen molar-refractivity contribution in [1.29, 1.82) is 0 Å². The van der Waals surface area contributed by atoms with Crippen molar-refractivity contribution in [3.05, 3.63) is 42.5 Å². The topological polar surface area (TPSA) is 35.5 Å². The molecule has 0 atom stereocenters. The Bertz CT molecular complexity index is 358. The van der Waals surface area contributed by atoms with Crippen molar-refractivity contribution < 1.29 is 14.3 Å². The first kappa shape index (κ1) is 12.3. The summed E-state index contributed by atoms with van der Waals surface area (Å²) in [5, 5.41) is 0. The van der Waals surface area contributed by atoms with Crippen molar-refractivity contribution >= 4 is 5.97 Å². The third-order valence-electron chi connectivity index (χ3n) is 2.11. The molecule has 1 aromatic carbocycles. The maximum absolute atomic E-state index is 11.2. The van der Waals surface area contributed by atoms with E-state index in [1.807, 2.05) is 24.3 Å². The van der Waals surface area contributed by atoms with Crippen LogP contribution in [0.2, 0.25) is 0 Å². The van der Waals surface area contributed by atoms with Gasteiger partial charge in [0.15, 0.2) is 0 Å². The van der Waals surface area contributed by atoms with Crippen LogP contribution in [0.1, 0.15) is 12.0 Å². The van der Waals surface area contributed by atoms with Crippen LogP contribution in [0.25, 0.3) is 0 Å². The molecule has 0 saturated carbocycles. The van der Waals surface area contributed by atoms with Crippen LogP contribution in [0.15, 0.2) is 36.9 Å². The van der Waals surface area contributed by atoms with E-state index in [4.69, 9.17) is 9.47 Å². The highest BCUT2D eigenvalue weighted by molar-refractivity contribution is 5.69. The number of esters is 1. The Morgan fingerprint density at radius 1 is 1.50 bits per heavy atom. The summed E-state index contributed by atoms with van der Waals surface area (Å²) in [6, 6.07) is 7.66. The molecule has 0 aliphatic carbocycles. The molecule has 0 aliphatic heterocycles. The maximum atomic E-state index is 11.2. The lowest BCUT2D eigenvalue weighted by molar-refractivity contribution is -0.142. The molecule has 0 amide bonds. The van der Waals surface area contributed by atoms with Crippen molar-refractivity contribution in [3.63, 3.8) is 0 Å². The number of ether oxygens (including phenoxy) is 2. The van der Waals surface area contributed by atoms with Gasteiger partial charge >= 0.3 is 5.97 Å². The van der Waals surface area contributed by atoms with Crippen LogP contribution in [0.4, 0.5) is 0 Å². The summed E-state index contributed by atoms with van der Waals surface area (Å²) >= 11 is 0. The molecule has 1 rings (SSSR count). The minimum Gasteiger partial charge on any atom is -0.497 e. The van der Waals surface area contributed by atoms with Gasteiger partial charge in [0.2, 0.25) is 0 Å². The molecule has 0 N–H and O–H groups in total. The Labute approximate surface area is 95.7 Å². The number of methoxy groups -OCH3 is 1. The quantitative estimate of drug-likeness (QED) is 0.545. The molecule has 0 saturated heterocycles. The number of carbonyl (C=O) groups excluding carboxylic acids is 1. The zero-order valence-corrected chi connectivity index (χ0v) is 9.44. The first-order chi connectivity index (χ1) is 7.76. The lowest BCUT2D eigenvalue weighted by Gasteiger charge is -2.04. The summed E-state index contributed by atoms with van der Waals surface area (Å²) in [5.74, 6) is 0.597. The summed E-state index contributed by atoms with van der Waals surface area (Å²) in [6.07, 6.45) is 2.59. The molecule has 3 heteroatoms. The summed E-state index contributed by atoms with van der Waals surface area (Å²) < 4.78 is 9.98. The molecule has 1 aromatic rings. The molecule has 0 aliphatic rings. The van der Waals surface area contributed by atoms with Gasteiger partial charge in [-0.2, -0.15) is 0 Å². The minimum absolute atomic E-state index is 0.206. The summed E-state index contributed by atoms with van der Waals surface area (Å²) in [6.45, 7) is 3.75. The second-order valence-electron chi connectivity index (χ2n) is 3.32. The number of aryl methyl sites for hydroxylation is 1. The standard InChI is InChI=1S/C13H16O3/c1-3-9-16-13(14)8-7-11-5-4-6-12(10-11)15-2/h3-6,10H,1,7-9H2,2H3. The van der Waals surface area contributed by atoms with Crippen molar-refractivity contribution in [1.82, 2.24) is 0 Å². The van der Waals surface area contributed by atoms with Gasteiger partial charge in [-0.1, -0.05) is 24.8 Å². The van der Waals surface area contributed by atoms with Crippen molar-refractivity contribution in [3.8, 4) is 5.75 Å². The number of hydrogen-bond donors (Lipinski definition) is 0. The van der Waals surface area contributed by atoms with Crippen LogP contribution in [-0.4, -0.2) is 19.7 Å². The molecule has 86 valence electrons. The highest BCUT2D eigenvalue weighted by Gasteiger charge is 2.03. The molecule has 0 heterocycles. The average Bonchev–Trinajstić information content (AvgIpc) is 2.34. The Morgan fingerprint density at radius 3 is 3.00 bits per heavy atom. The monoisotopic (exact) mass is 220 g/mol. The Morgan fingerprint density at radius 2 is 2.31 bits per heavy atom. The molecule has 0 bridgehead atoms. The van der Waals surface area contributed by atoms with Crippen LogP contribution in [0.5, 0.6) is 5.75 Å². The van der Waals surface area contributed by atoms with E-state index in [1.54, 1.807) is 13.2 Å². The predicted molar refractivity (Wildman–Crippen MR) is 62.5 cm³/mol. The minimum atomic E-state index is -0.206. The van der Waals surface area contributed by atoms with E-state index >= 15 is 0 Å². The Kier molecular flexibility index (Phi) is 5.12. The summed E-state index contributed by atoms with van der Waals surface area (Å²) in [5.41, 5.74) is 1.06. The van der Waals surface area contributed by atoms with Crippen molar-refractivity contribution in [2.24, 2.45) is 0 Å². The fourth-order valence-corrected chi connectivity index (χ4v) is 1.30. The fraction of sp³-hybridized carbons (Fsp3) is 0.308. The number of rotatable bonds is 6. The molecule has 0 aromatic heterocycles. The van der Waals surface area contributed by atoms with Crippen molar-refractivity contribution in [2.45, 2.75) is 12.8 Å². The molecule has 0 spiro atoms. The second kappa shape index (κ2) is 6.67. The first-order valence-corrected chi connectivity index (χ1v) is 5.15. The molecule has 0 fully saturated rings. The van der Waals surface area contributed by atoms with Crippen LogP contribution >= 0.6 is 0 Å². The van der Waals surface area contributed by atoms with Crippen LogP contribution < -0.4 is 4.74 Å². The lowest BCUT2D eigenvalue weighted by Crippen LogP contribution is -2.05. The van der Waals surface area contributed by atoms with Gasteiger partial charge in [0, 0.05) is 6.42 Å². The number of hydrogen-bond acceptors (Lipinski definition) is 3. The molecular formula is C13H16O3. The predicted octanol–water partition coefficient (Wildman–Crippen LogP) is 2.36. The van der Waals surface area contributed by atoms with Gasteiger partial charge in [0.25, 0.3) is 0 Å². The lowest BCUT2D eigenvalue weighted by atomic mass is 10.1. The van der Waals surface area contributed by atoms with Gasteiger partial charge in [-0.25, -0.2) is 0 Å². The smallest absolute Gasteiger partial charge is 0.306 e. The third kappa shape index (κ3) is 4.17. The average molecular weight is 220 g/mol. The van der Waals surface area contributed by atoms with E-state index in [-0.39, 0.29) is 12.6 Å². The first-order valence-electron chi connectivity index (χ1n) is 5.15. The fourth-order valence-electron chi connectivity index (χ4n) is 1.30. The van der Waals surface area contributed by atoms with Gasteiger partial charge in [0.1, 0.15) is 12.4 Å². The van der Waals surface area contributed by atoms with Gasteiger partial charge in [-0.15, -0.1) is 0 Å². The molecular weight excluding hydrogens is 204 g/mol. The number of carbonyl (C=O) groups is 1. The van der Waals surface area contributed by atoms with E-state index < -0.39 is 0 Å². The molecule has 3 nitrogen and oxygen atoms in total. The zero-order valence-electron chi connectivity index (χ0n) is 9.44. The van der Waals surface area contributed by atoms with Gasteiger partial charge in [0.05, 0.1) is 7.11 Å². The summed E-state index contributed by atoms with van der Waals surface area (Å²) in [4.78, 5) is 11.2. The van der Waals surface area contributed by atoms with E-state index in [0.717, 1.165) is 11.3 Å². The molecule has 0 radical (unpaired) electrons. The highest BCUT2D eigenvalue weighted by atomic mass is 16.5.